The maximum atomic E-state index is 15.0. The van der Waals surface area contributed by atoms with Crippen molar-refractivity contribution in [3.8, 4) is 11.3 Å². The van der Waals surface area contributed by atoms with Crippen LogP contribution in [-0.2, 0) is 13.1 Å². The molecule has 1 saturated carbocycles. The van der Waals surface area contributed by atoms with Crippen molar-refractivity contribution in [2.75, 3.05) is 0 Å². The number of hydrogen-bond donors (Lipinski definition) is 1. The third-order valence-electron chi connectivity index (χ3n) is 4.80. The van der Waals surface area contributed by atoms with Crippen LogP contribution in [0.2, 0.25) is 5.02 Å². The van der Waals surface area contributed by atoms with E-state index >= 15 is 0 Å². The highest BCUT2D eigenvalue weighted by Crippen LogP contribution is 2.35. The largest absolute Gasteiger partial charge is 0.347 e. The number of fused-ring (bicyclic) bond motifs is 1. The summed E-state index contributed by atoms with van der Waals surface area (Å²) >= 11 is 7.56. The fourth-order valence-electron chi connectivity index (χ4n) is 3.38. The number of nitrogens with zero attached hydrogens (tertiary/aromatic N) is 2. The maximum Gasteiger partial charge on any atom is 0.151 e. The maximum absolute atomic E-state index is 15.0. The van der Waals surface area contributed by atoms with Gasteiger partial charge in [-0.15, -0.1) is 0 Å². The molecule has 154 valence electrons. The summed E-state index contributed by atoms with van der Waals surface area (Å²) in [6.07, 6.45) is 5.91. The molecule has 1 aliphatic carbocycles. The lowest BCUT2D eigenvalue weighted by atomic mass is 9.97. The second-order valence-corrected chi connectivity index (χ2v) is 10.4. The third kappa shape index (κ3) is 4.76. The highest BCUT2D eigenvalue weighted by molar-refractivity contribution is 7.98. The van der Waals surface area contributed by atoms with Crippen molar-refractivity contribution in [1.29, 1.82) is 0 Å². The van der Waals surface area contributed by atoms with Crippen LogP contribution in [0.4, 0.5) is 8.78 Å². The SMILES string of the molecule is CC(C)(C)Cn1cc(CNSC2CC2)c2cc(F)c(-c3ncc(Cl)cc3F)cc21. The van der Waals surface area contributed by atoms with Crippen molar-refractivity contribution < 1.29 is 8.78 Å². The Bertz CT molecular complexity index is 1050. The lowest BCUT2D eigenvalue weighted by Gasteiger charge is -2.20. The van der Waals surface area contributed by atoms with E-state index in [9.17, 15) is 8.78 Å². The van der Waals surface area contributed by atoms with Crippen molar-refractivity contribution in [3.05, 3.63) is 52.8 Å². The van der Waals surface area contributed by atoms with E-state index in [1.165, 1.54) is 25.1 Å². The van der Waals surface area contributed by atoms with E-state index in [-0.39, 0.29) is 21.7 Å². The molecular weight excluding hydrogens is 412 g/mol. The summed E-state index contributed by atoms with van der Waals surface area (Å²) < 4.78 is 34.9. The average Bonchev–Trinajstić information content (AvgIpc) is 3.38. The molecule has 0 bridgehead atoms. The van der Waals surface area contributed by atoms with Gasteiger partial charge in [-0.1, -0.05) is 44.3 Å². The molecule has 2 heterocycles. The molecule has 0 unspecified atom stereocenters. The van der Waals surface area contributed by atoms with Crippen molar-refractivity contribution >= 4 is 34.5 Å². The standard InChI is InChI=1S/C22H24ClF2N3S/c1-22(2,3)12-28-11-13(9-27-29-15-4-5-15)16-7-18(24)17(8-20(16)28)21-19(25)6-14(23)10-26-21/h6-8,10-11,15,27H,4-5,9,12H2,1-3H3. The van der Waals surface area contributed by atoms with Gasteiger partial charge in [-0.2, -0.15) is 0 Å². The predicted molar refractivity (Wildman–Crippen MR) is 117 cm³/mol. The van der Waals surface area contributed by atoms with Gasteiger partial charge in [0.25, 0.3) is 0 Å². The Morgan fingerprint density at radius 1 is 1.21 bits per heavy atom. The minimum atomic E-state index is -0.632. The second-order valence-electron chi connectivity index (χ2n) is 8.81. The molecule has 1 N–H and O–H groups in total. The molecule has 7 heteroatoms. The Morgan fingerprint density at radius 3 is 2.62 bits per heavy atom. The Labute approximate surface area is 179 Å². The van der Waals surface area contributed by atoms with Crippen molar-refractivity contribution in [2.45, 2.75) is 52.0 Å². The van der Waals surface area contributed by atoms with E-state index < -0.39 is 11.6 Å². The lowest BCUT2D eigenvalue weighted by Crippen LogP contribution is -2.14. The molecule has 1 aromatic carbocycles. The van der Waals surface area contributed by atoms with Gasteiger partial charge in [-0.3, -0.25) is 9.71 Å². The molecule has 29 heavy (non-hydrogen) atoms. The van der Waals surface area contributed by atoms with Gasteiger partial charge in [0.15, 0.2) is 5.82 Å². The third-order valence-corrected chi connectivity index (χ3v) is 6.12. The van der Waals surface area contributed by atoms with Gasteiger partial charge in [0.2, 0.25) is 0 Å². The molecule has 0 aliphatic heterocycles. The van der Waals surface area contributed by atoms with Crippen LogP contribution in [0.5, 0.6) is 0 Å². The number of hydrogen-bond acceptors (Lipinski definition) is 3. The fraction of sp³-hybridized carbons (Fsp3) is 0.409. The first-order valence-electron chi connectivity index (χ1n) is 9.72. The van der Waals surface area contributed by atoms with Crippen molar-refractivity contribution in [2.24, 2.45) is 5.41 Å². The van der Waals surface area contributed by atoms with E-state index in [2.05, 4.69) is 41.2 Å². The number of rotatable bonds is 6. The minimum absolute atomic E-state index is 0.0266. The summed E-state index contributed by atoms with van der Waals surface area (Å²) in [5.74, 6) is -1.12. The zero-order chi connectivity index (χ0) is 20.8. The van der Waals surface area contributed by atoms with Crippen molar-refractivity contribution in [3.63, 3.8) is 0 Å². The van der Waals surface area contributed by atoms with Crippen LogP contribution in [0.15, 0.2) is 30.6 Å². The Morgan fingerprint density at radius 2 is 1.97 bits per heavy atom. The van der Waals surface area contributed by atoms with Crippen LogP contribution in [-0.4, -0.2) is 14.8 Å². The van der Waals surface area contributed by atoms with E-state index in [0.29, 0.717) is 11.8 Å². The smallest absolute Gasteiger partial charge is 0.151 e. The highest BCUT2D eigenvalue weighted by atomic mass is 35.5. The van der Waals surface area contributed by atoms with Gasteiger partial charge >= 0.3 is 0 Å². The Kier molecular flexibility index (Phi) is 5.62. The van der Waals surface area contributed by atoms with Gasteiger partial charge in [0.1, 0.15) is 11.5 Å². The van der Waals surface area contributed by atoms with Gasteiger partial charge in [-0.05, 0) is 42.0 Å². The summed E-state index contributed by atoms with van der Waals surface area (Å²) in [6, 6.07) is 4.36. The average molecular weight is 436 g/mol. The van der Waals surface area contributed by atoms with Gasteiger partial charge < -0.3 is 4.57 Å². The van der Waals surface area contributed by atoms with E-state index in [0.717, 1.165) is 29.1 Å². The summed E-state index contributed by atoms with van der Waals surface area (Å²) in [7, 11) is 0. The summed E-state index contributed by atoms with van der Waals surface area (Å²) in [5.41, 5.74) is 2.07. The topological polar surface area (TPSA) is 29.9 Å². The first kappa shape index (κ1) is 20.6. The normalized spacial score (nSPS) is 14.7. The molecule has 0 atom stereocenters. The van der Waals surface area contributed by atoms with Gasteiger partial charge in [0, 0.05) is 47.2 Å². The second kappa shape index (κ2) is 7.89. The molecule has 2 aromatic heterocycles. The first-order valence-corrected chi connectivity index (χ1v) is 11.0. The molecule has 4 rings (SSSR count). The first-order chi connectivity index (χ1) is 13.7. The molecule has 3 nitrogen and oxygen atoms in total. The molecular formula is C22H24ClF2N3S. The number of nitrogens with one attached hydrogen (secondary N) is 1. The number of benzene rings is 1. The van der Waals surface area contributed by atoms with E-state index in [4.69, 9.17) is 11.6 Å². The predicted octanol–water partition coefficient (Wildman–Crippen LogP) is 6.58. The summed E-state index contributed by atoms with van der Waals surface area (Å²) in [4.78, 5) is 4.03. The Balaban J connectivity index is 1.78. The zero-order valence-corrected chi connectivity index (χ0v) is 18.3. The number of aromatic nitrogens is 2. The van der Waals surface area contributed by atoms with Crippen LogP contribution >= 0.6 is 23.5 Å². The quantitative estimate of drug-likeness (QED) is 0.443. The molecule has 0 amide bonds. The van der Waals surface area contributed by atoms with Crippen LogP contribution in [0.25, 0.3) is 22.2 Å². The van der Waals surface area contributed by atoms with E-state index in [1.54, 1.807) is 18.0 Å². The zero-order valence-electron chi connectivity index (χ0n) is 16.7. The van der Waals surface area contributed by atoms with Gasteiger partial charge in [0.05, 0.1) is 5.02 Å². The molecule has 1 fully saturated rings. The number of halogens is 3. The molecule has 3 aromatic rings. The fourth-order valence-corrected chi connectivity index (χ4v) is 4.37. The van der Waals surface area contributed by atoms with Crippen LogP contribution in [0.1, 0.15) is 39.2 Å². The lowest BCUT2D eigenvalue weighted by molar-refractivity contribution is 0.349. The molecule has 0 radical (unpaired) electrons. The monoisotopic (exact) mass is 435 g/mol. The van der Waals surface area contributed by atoms with Crippen molar-refractivity contribution in [1.82, 2.24) is 14.3 Å². The van der Waals surface area contributed by atoms with Crippen LogP contribution in [0, 0.1) is 17.0 Å². The van der Waals surface area contributed by atoms with Crippen LogP contribution < -0.4 is 4.72 Å². The minimum Gasteiger partial charge on any atom is -0.347 e. The molecule has 0 saturated heterocycles. The molecule has 1 aliphatic rings. The number of pyridine rings is 1. The van der Waals surface area contributed by atoms with Gasteiger partial charge in [-0.25, -0.2) is 8.78 Å². The highest BCUT2D eigenvalue weighted by Gasteiger charge is 2.23. The Hall–Kier alpha value is -1.63. The summed E-state index contributed by atoms with van der Waals surface area (Å²) in [5, 5.41) is 1.72. The molecule has 0 spiro atoms. The summed E-state index contributed by atoms with van der Waals surface area (Å²) in [6.45, 7) is 7.89. The van der Waals surface area contributed by atoms with E-state index in [1.807, 2.05) is 0 Å². The van der Waals surface area contributed by atoms with Crippen LogP contribution in [0.3, 0.4) is 0 Å².